The molecule has 0 saturated carbocycles. The Bertz CT molecular complexity index is 983. The number of aryl methyl sites for hydroxylation is 1. The Morgan fingerprint density at radius 1 is 1.06 bits per heavy atom. The molecule has 0 aliphatic carbocycles. The van der Waals surface area contributed by atoms with Crippen LogP contribution in [0.4, 0.5) is 18.9 Å². The summed E-state index contributed by atoms with van der Waals surface area (Å²) in [6.45, 7) is 4.83. The van der Waals surface area contributed by atoms with Crippen molar-refractivity contribution in [2.45, 2.75) is 19.6 Å². The van der Waals surface area contributed by atoms with Crippen LogP contribution < -0.4 is 11.1 Å². The molecule has 9 heteroatoms. The van der Waals surface area contributed by atoms with E-state index in [-0.39, 0.29) is 28.9 Å². The molecule has 31 heavy (non-hydrogen) atoms. The molecule has 0 aromatic heterocycles. The Labute approximate surface area is 178 Å². The zero-order valence-corrected chi connectivity index (χ0v) is 17.4. The number of nitrogens with zero attached hydrogens (tertiary/aromatic N) is 2. The molecule has 3 N–H and O–H groups in total. The Morgan fingerprint density at radius 2 is 1.74 bits per heavy atom. The third-order valence-electron chi connectivity index (χ3n) is 5.43. The molecule has 2 aromatic carbocycles. The van der Waals surface area contributed by atoms with Crippen molar-refractivity contribution in [3.8, 4) is 0 Å². The molecular weight excluding hydrogens is 409 g/mol. The second-order valence-electron chi connectivity index (χ2n) is 7.80. The topological polar surface area (TPSA) is 78.7 Å². The van der Waals surface area contributed by atoms with Gasteiger partial charge in [-0.25, -0.2) is 0 Å². The van der Waals surface area contributed by atoms with Crippen molar-refractivity contribution in [1.82, 2.24) is 9.80 Å². The summed E-state index contributed by atoms with van der Waals surface area (Å²) < 4.78 is 41.1. The number of anilines is 1. The first-order valence-electron chi connectivity index (χ1n) is 9.87. The van der Waals surface area contributed by atoms with Crippen molar-refractivity contribution in [2.75, 3.05) is 38.5 Å². The van der Waals surface area contributed by atoms with Gasteiger partial charge in [0, 0.05) is 49.5 Å². The molecule has 0 atom stereocenters. The maximum atomic E-state index is 13.7. The molecule has 1 aliphatic rings. The number of nitrogens with one attached hydrogen (secondary N) is 1. The summed E-state index contributed by atoms with van der Waals surface area (Å²) in [5, 5.41) is 2.54. The minimum absolute atomic E-state index is 0.115. The van der Waals surface area contributed by atoms with Gasteiger partial charge in [0.25, 0.3) is 5.91 Å². The maximum Gasteiger partial charge on any atom is 0.416 e. The van der Waals surface area contributed by atoms with Crippen LogP contribution in [0.3, 0.4) is 0 Å². The van der Waals surface area contributed by atoms with Crippen LogP contribution in [-0.2, 0) is 12.7 Å². The van der Waals surface area contributed by atoms with Gasteiger partial charge in [0.15, 0.2) is 0 Å². The fourth-order valence-corrected chi connectivity index (χ4v) is 3.53. The van der Waals surface area contributed by atoms with Gasteiger partial charge in [-0.2, -0.15) is 13.2 Å². The predicted molar refractivity (Wildman–Crippen MR) is 112 cm³/mol. The lowest BCUT2D eigenvalue weighted by molar-refractivity contribution is -0.138. The molecule has 0 spiro atoms. The van der Waals surface area contributed by atoms with Crippen molar-refractivity contribution in [3.05, 3.63) is 64.2 Å². The number of amides is 2. The first-order valence-corrected chi connectivity index (χ1v) is 9.87. The average Bonchev–Trinajstić information content (AvgIpc) is 2.70. The smallest absolute Gasteiger partial charge is 0.366 e. The van der Waals surface area contributed by atoms with Gasteiger partial charge in [0.2, 0.25) is 5.91 Å². The van der Waals surface area contributed by atoms with Crippen LogP contribution in [0.25, 0.3) is 0 Å². The highest BCUT2D eigenvalue weighted by Crippen LogP contribution is 2.33. The SMILES string of the molecule is Cc1ccc(NC(=O)c2ccc(CN3CCN(C)CC3)c(C(F)(F)F)c2)cc1C(N)=O. The lowest BCUT2D eigenvalue weighted by Crippen LogP contribution is -2.44. The van der Waals surface area contributed by atoms with E-state index < -0.39 is 23.6 Å². The van der Waals surface area contributed by atoms with Gasteiger partial charge in [-0.1, -0.05) is 12.1 Å². The average molecular weight is 434 g/mol. The molecule has 2 amide bonds. The molecule has 1 fully saturated rings. The van der Waals surface area contributed by atoms with E-state index in [0.29, 0.717) is 18.7 Å². The highest BCUT2D eigenvalue weighted by atomic mass is 19.4. The van der Waals surface area contributed by atoms with Crippen molar-refractivity contribution in [3.63, 3.8) is 0 Å². The van der Waals surface area contributed by atoms with Crippen molar-refractivity contribution < 1.29 is 22.8 Å². The van der Waals surface area contributed by atoms with Gasteiger partial charge in [0.05, 0.1) is 5.56 Å². The summed E-state index contributed by atoms with van der Waals surface area (Å²) in [7, 11) is 1.98. The van der Waals surface area contributed by atoms with Crippen LogP contribution in [0.15, 0.2) is 36.4 Å². The highest BCUT2D eigenvalue weighted by molar-refractivity contribution is 6.05. The third kappa shape index (κ3) is 5.62. The van der Waals surface area contributed by atoms with Crippen LogP contribution >= 0.6 is 0 Å². The number of carbonyl (C=O) groups excluding carboxylic acids is 2. The lowest BCUT2D eigenvalue weighted by Gasteiger charge is -2.33. The summed E-state index contributed by atoms with van der Waals surface area (Å²) in [6.07, 6.45) is -4.58. The zero-order valence-electron chi connectivity index (χ0n) is 17.4. The van der Waals surface area contributed by atoms with Crippen LogP contribution in [0.2, 0.25) is 0 Å². The van der Waals surface area contributed by atoms with Gasteiger partial charge < -0.3 is 16.0 Å². The van der Waals surface area contributed by atoms with E-state index in [1.807, 2.05) is 11.9 Å². The largest absolute Gasteiger partial charge is 0.416 e. The van der Waals surface area contributed by atoms with Gasteiger partial charge in [0.1, 0.15) is 0 Å². The number of halogens is 3. The summed E-state index contributed by atoms with van der Waals surface area (Å²) in [5.74, 6) is -1.35. The first kappa shape index (κ1) is 22.8. The molecule has 166 valence electrons. The molecule has 3 rings (SSSR count). The van der Waals surface area contributed by atoms with Crippen molar-refractivity contribution >= 4 is 17.5 Å². The summed E-state index contributed by atoms with van der Waals surface area (Å²) >= 11 is 0. The monoisotopic (exact) mass is 434 g/mol. The van der Waals surface area contributed by atoms with Crippen molar-refractivity contribution in [1.29, 1.82) is 0 Å². The molecule has 0 bridgehead atoms. The van der Waals surface area contributed by atoms with Crippen molar-refractivity contribution in [2.24, 2.45) is 5.73 Å². The highest BCUT2D eigenvalue weighted by Gasteiger charge is 2.34. The summed E-state index contributed by atoms with van der Waals surface area (Å²) in [6, 6.07) is 8.20. The molecule has 1 heterocycles. The number of nitrogens with two attached hydrogens (primary N) is 1. The second kappa shape index (κ2) is 9.07. The zero-order chi connectivity index (χ0) is 22.8. The van der Waals surface area contributed by atoms with E-state index in [1.54, 1.807) is 19.1 Å². The Balaban J connectivity index is 1.82. The van der Waals surface area contributed by atoms with Gasteiger partial charge in [-0.15, -0.1) is 0 Å². The number of likely N-dealkylation sites (N-methyl/N-ethyl adjacent to an activating group) is 1. The van der Waals surface area contributed by atoms with Crippen LogP contribution in [0.5, 0.6) is 0 Å². The molecule has 0 unspecified atom stereocenters. The minimum Gasteiger partial charge on any atom is -0.366 e. The Hall–Kier alpha value is -2.91. The van der Waals surface area contributed by atoms with E-state index in [1.165, 1.54) is 18.2 Å². The fourth-order valence-electron chi connectivity index (χ4n) is 3.53. The number of rotatable bonds is 5. The minimum atomic E-state index is -4.58. The number of hydrogen-bond acceptors (Lipinski definition) is 4. The predicted octanol–water partition coefficient (Wildman–Crippen LogP) is 3.11. The van der Waals surface area contributed by atoms with Crippen LogP contribution in [0, 0.1) is 6.92 Å². The maximum absolute atomic E-state index is 13.7. The fraction of sp³-hybridized carbons (Fsp3) is 0.364. The van der Waals surface area contributed by atoms with E-state index in [2.05, 4.69) is 10.2 Å². The molecular formula is C22H25F3N4O2. The van der Waals surface area contributed by atoms with Gasteiger partial charge in [-0.05, 0) is 49.4 Å². The van der Waals surface area contributed by atoms with Crippen LogP contribution in [0.1, 0.15) is 37.4 Å². The van der Waals surface area contributed by atoms with E-state index >= 15 is 0 Å². The number of alkyl halides is 3. The normalized spacial score (nSPS) is 15.6. The summed E-state index contributed by atoms with van der Waals surface area (Å²) in [4.78, 5) is 28.2. The van der Waals surface area contributed by atoms with E-state index in [4.69, 9.17) is 5.73 Å². The quantitative estimate of drug-likeness (QED) is 0.758. The number of benzene rings is 2. The number of piperazine rings is 1. The lowest BCUT2D eigenvalue weighted by atomic mass is 10.0. The number of hydrogen-bond donors (Lipinski definition) is 2. The molecule has 1 saturated heterocycles. The molecule has 2 aromatic rings. The molecule has 6 nitrogen and oxygen atoms in total. The second-order valence-corrected chi connectivity index (χ2v) is 7.80. The number of primary amides is 1. The Morgan fingerprint density at radius 3 is 2.35 bits per heavy atom. The van der Waals surface area contributed by atoms with Gasteiger partial charge in [-0.3, -0.25) is 14.5 Å². The van der Waals surface area contributed by atoms with E-state index in [9.17, 15) is 22.8 Å². The first-order chi connectivity index (χ1) is 14.5. The number of carbonyl (C=O) groups is 2. The standard InChI is InChI=1S/C22H25F3N4O2/c1-14-3-6-17(12-18(14)20(26)30)27-21(31)15-4-5-16(19(11-15)22(23,24)25)13-29-9-7-28(2)8-10-29/h3-6,11-12H,7-10,13H2,1-2H3,(H2,26,30)(H,27,31). The third-order valence-corrected chi connectivity index (χ3v) is 5.43. The Kier molecular flexibility index (Phi) is 6.66. The summed E-state index contributed by atoms with van der Waals surface area (Å²) in [5.41, 5.74) is 5.66. The molecule has 0 radical (unpaired) electrons. The van der Waals surface area contributed by atoms with Gasteiger partial charge >= 0.3 is 6.18 Å². The van der Waals surface area contributed by atoms with E-state index in [0.717, 1.165) is 19.2 Å². The molecule has 1 aliphatic heterocycles. The van der Waals surface area contributed by atoms with Crippen LogP contribution in [-0.4, -0.2) is 54.8 Å².